The van der Waals surface area contributed by atoms with E-state index in [1.54, 1.807) is 4.90 Å². The molecule has 0 spiro atoms. The van der Waals surface area contributed by atoms with Crippen LogP contribution >= 0.6 is 12.4 Å². The van der Waals surface area contributed by atoms with Gasteiger partial charge in [0, 0.05) is 13.0 Å². The van der Waals surface area contributed by atoms with Crippen LogP contribution in [0.25, 0.3) is 4.85 Å². The van der Waals surface area contributed by atoms with Crippen LogP contribution in [0.15, 0.2) is 30.3 Å². The quantitative estimate of drug-likeness (QED) is 0.667. The van der Waals surface area contributed by atoms with E-state index in [9.17, 15) is 4.79 Å². The SMILES string of the molecule is Cl.[C-]#[N+][C@@H]1CCCN1C(=O)CNCCc1ccccc1. The number of benzene rings is 1. The van der Waals surface area contributed by atoms with E-state index >= 15 is 0 Å². The van der Waals surface area contributed by atoms with Gasteiger partial charge in [0.05, 0.1) is 6.54 Å². The highest BCUT2D eigenvalue weighted by molar-refractivity contribution is 5.85. The third-order valence-corrected chi connectivity index (χ3v) is 3.40. The second kappa shape index (κ2) is 8.57. The lowest BCUT2D eigenvalue weighted by Gasteiger charge is -2.16. The van der Waals surface area contributed by atoms with Crippen molar-refractivity contribution < 1.29 is 4.79 Å². The molecule has 2 rings (SSSR count). The Morgan fingerprint density at radius 1 is 1.40 bits per heavy atom. The number of nitrogens with one attached hydrogen (secondary N) is 1. The molecule has 1 heterocycles. The fourth-order valence-electron chi connectivity index (χ4n) is 2.35. The number of hydrogen-bond donors (Lipinski definition) is 1. The average Bonchev–Trinajstić information content (AvgIpc) is 2.93. The summed E-state index contributed by atoms with van der Waals surface area (Å²) in [5, 5.41) is 3.16. The van der Waals surface area contributed by atoms with E-state index in [1.165, 1.54) is 5.56 Å². The molecular formula is C15H20ClN3O. The summed E-state index contributed by atoms with van der Waals surface area (Å²) in [6.45, 7) is 8.90. The Kier molecular flexibility index (Phi) is 7.06. The van der Waals surface area contributed by atoms with E-state index in [2.05, 4.69) is 22.3 Å². The fraction of sp³-hybridized carbons (Fsp3) is 0.467. The van der Waals surface area contributed by atoms with Crippen LogP contribution in [0, 0.1) is 6.57 Å². The van der Waals surface area contributed by atoms with E-state index < -0.39 is 0 Å². The van der Waals surface area contributed by atoms with Crippen molar-refractivity contribution >= 4 is 18.3 Å². The maximum atomic E-state index is 11.9. The summed E-state index contributed by atoms with van der Waals surface area (Å²) < 4.78 is 0. The molecule has 1 aliphatic heterocycles. The number of halogens is 1. The normalized spacial score (nSPS) is 17.4. The maximum absolute atomic E-state index is 11.9. The van der Waals surface area contributed by atoms with Crippen LogP contribution in [-0.2, 0) is 11.2 Å². The van der Waals surface area contributed by atoms with E-state index in [-0.39, 0.29) is 24.5 Å². The fourth-order valence-corrected chi connectivity index (χ4v) is 2.35. The standard InChI is InChI=1S/C15H19N3O.ClH/c1-16-14-8-5-11-18(14)15(19)12-17-10-9-13-6-3-2-4-7-13;/h2-4,6-7,14,17H,5,8-12H2;1H/t14-;/m0./s1. The van der Waals surface area contributed by atoms with Gasteiger partial charge in [0.25, 0.3) is 0 Å². The molecule has 4 nitrogen and oxygen atoms in total. The predicted octanol–water partition coefficient (Wildman–Crippen LogP) is 2.11. The van der Waals surface area contributed by atoms with Gasteiger partial charge < -0.3 is 5.32 Å². The molecule has 1 aliphatic rings. The largest absolute Gasteiger partial charge is 0.308 e. The van der Waals surface area contributed by atoms with Crippen LogP contribution in [0.4, 0.5) is 0 Å². The zero-order chi connectivity index (χ0) is 13.5. The summed E-state index contributed by atoms with van der Waals surface area (Å²) in [5.74, 6) is 0.0477. The van der Waals surface area contributed by atoms with Crippen LogP contribution in [0.1, 0.15) is 18.4 Å². The minimum absolute atomic E-state index is 0. The Labute approximate surface area is 126 Å². The molecule has 0 unspecified atom stereocenters. The van der Waals surface area contributed by atoms with Crippen molar-refractivity contribution in [2.45, 2.75) is 25.4 Å². The van der Waals surface area contributed by atoms with Gasteiger partial charge in [0.1, 0.15) is 0 Å². The molecule has 1 saturated heterocycles. The van der Waals surface area contributed by atoms with Gasteiger partial charge in [0.15, 0.2) is 0 Å². The second-order valence-corrected chi connectivity index (χ2v) is 4.75. The van der Waals surface area contributed by atoms with Crippen molar-refractivity contribution in [2.75, 3.05) is 19.6 Å². The van der Waals surface area contributed by atoms with Crippen LogP contribution in [0.2, 0.25) is 0 Å². The number of carbonyl (C=O) groups is 1. The molecule has 0 aliphatic carbocycles. The molecule has 0 radical (unpaired) electrons. The van der Waals surface area contributed by atoms with E-state index in [1.807, 2.05) is 18.2 Å². The van der Waals surface area contributed by atoms with Gasteiger partial charge in [-0.1, -0.05) is 30.3 Å². The topological polar surface area (TPSA) is 36.7 Å². The van der Waals surface area contributed by atoms with Crippen molar-refractivity contribution in [1.29, 1.82) is 0 Å². The molecule has 1 aromatic rings. The van der Waals surface area contributed by atoms with Gasteiger partial charge in [0.2, 0.25) is 5.91 Å². The summed E-state index contributed by atoms with van der Waals surface area (Å²) in [5.41, 5.74) is 1.27. The Morgan fingerprint density at radius 2 is 2.15 bits per heavy atom. The first-order valence-electron chi connectivity index (χ1n) is 6.72. The molecule has 1 N–H and O–H groups in total. The van der Waals surface area contributed by atoms with Gasteiger partial charge in [-0.15, -0.1) is 12.4 Å². The van der Waals surface area contributed by atoms with Crippen molar-refractivity contribution in [1.82, 2.24) is 10.2 Å². The molecule has 0 aromatic heterocycles. The van der Waals surface area contributed by atoms with Gasteiger partial charge in [-0.2, -0.15) is 0 Å². The number of rotatable bonds is 5. The number of hydrogen-bond acceptors (Lipinski definition) is 2. The zero-order valence-corrected chi connectivity index (χ0v) is 12.2. The van der Waals surface area contributed by atoms with Crippen LogP contribution in [0.3, 0.4) is 0 Å². The summed E-state index contributed by atoms with van der Waals surface area (Å²) in [7, 11) is 0. The van der Waals surface area contributed by atoms with E-state index in [0.717, 1.165) is 32.4 Å². The monoisotopic (exact) mass is 293 g/mol. The molecule has 1 atom stereocenters. The first-order valence-corrected chi connectivity index (χ1v) is 6.72. The highest BCUT2D eigenvalue weighted by Gasteiger charge is 2.32. The van der Waals surface area contributed by atoms with Crippen molar-refractivity contribution in [3.8, 4) is 0 Å². The summed E-state index contributed by atoms with van der Waals surface area (Å²) in [6, 6.07) is 10.2. The molecule has 1 fully saturated rings. The zero-order valence-electron chi connectivity index (χ0n) is 11.4. The molecule has 1 amide bonds. The van der Waals surface area contributed by atoms with Gasteiger partial charge in [-0.25, -0.2) is 6.57 Å². The minimum atomic E-state index is -0.233. The summed E-state index contributed by atoms with van der Waals surface area (Å²) in [6.07, 6.45) is 2.45. The number of carbonyl (C=O) groups excluding carboxylic acids is 1. The predicted molar refractivity (Wildman–Crippen MR) is 81.6 cm³/mol. The Balaban J connectivity index is 0.00000200. The molecule has 0 bridgehead atoms. The summed E-state index contributed by atoms with van der Waals surface area (Å²) in [4.78, 5) is 17.1. The third-order valence-electron chi connectivity index (χ3n) is 3.40. The molecule has 1 aromatic carbocycles. The van der Waals surface area contributed by atoms with E-state index in [4.69, 9.17) is 6.57 Å². The Hall–Kier alpha value is -1.57. The van der Waals surface area contributed by atoms with Crippen molar-refractivity contribution in [3.63, 3.8) is 0 Å². The smallest absolute Gasteiger partial charge is 0.300 e. The lowest BCUT2D eigenvalue weighted by atomic mass is 10.1. The third kappa shape index (κ3) is 4.52. The van der Waals surface area contributed by atoms with Gasteiger partial charge in [-0.05, 0) is 24.9 Å². The molecular weight excluding hydrogens is 274 g/mol. The van der Waals surface area contributed by atoms with Crippen LogP contribution in [-0.4, -0.2) is 36.6 Å². The molecule has 5 heteroatoms. The number of amides is 1. The lowest BCUT2D eigenvalue weighted by molar-refractivity contribution is -0.130. The lowest BCUT2D eigenvalue weighted by Crippen LogP contribution is -2.40. The maximum Gasteiger partial charge on any atom is 0.300 e. The first kappa shape index (κ1) is 16.5. The molecule has 0 saturated carbocycles. The van der Waals surface area contributed by atoms with Gasteiger partial charge in [-0.3, -0.25) is 14.5 Å². The molecule has 20 heavy (non-hydrogen) atoms. The average molecular weight is 294 g/mol. The second-order valence-electron chi connectivity index (χ2n) is 4.75. The molecule has 108 valence electrons. The van der Waals surface area contributed by atoms with Crippen molar-refractivity contribution in [2.24, 2.45) is 0 Å². The highest BCUT2D eigenvalue weighted by Crippen LogP contribution is 2.17. The Morgan fingerprint density at radius 3 is 2.85 bits per heavy atom. The summed E-state index contributed by atoms with van der Waals surface area (Å²) >= 11 is 0. The minimum Gasteiger partial charge on any atom is -0.308 e. The van der Waals surface area contributed by atoms with Crippen LogP contribution < -0.4 is 5.32 Å². The number of likely N-dealkylation sites (tertiary alicyclic amines) is 1. The van der Waals surface area contributed by atoms with Crippen molar-refractivity contribution in [3.05, 3.63) is 47.3 Å². The first-order chi connectivity index (χ1) is 9.31. The van der Waals surface area contributed by atoms with Crippen LogP contribution in [0.5, 0.6) is 0 Å². The van der Waals surface area contributed by atoms with E-state index in [0.29, 0.717) is 6.54 Å². The Bertz CT molecular complexity index is 458. The van der Waals surface area contributed by atoms with Gasteiger partial charge >= 0.3 is 6.17 Å². The highest BCUT2D eigenvalue weighted by atomic mass is 35.5. The number of nitrogens with zero attached hydrogens (tertiary/aromatic N) is 2.